The lowest BCUT2D eigenvalue weighted by Gasteiger charge is -2.39. The highest BCUT2D eigenvalue weighted by Gasteiger charge is 2.46. The second kappa shape index (κ2) is 4.07. The number of nitrogens with one attached hydrogen (secondary N) is 1. The van der Waals surface area contributed by atoms with E-state index in [9.17, 15) is 4.79 Å². The predicted octanol–water partition coefficient (Wildman–Crippen LogP) is 0.618. The quantitative estimate of drug-likeness (QED) is 0.680. The average molecular weight is 187 g/mol. The lowest BCUT2D eigenvalue weighted by atomic mass is 9.79. The molecule has 0 radical (unpaired) electrons. The van der Waals surface area contributed by atoms with Gasteiger partial charge in [-0.05, 0) is 19.9 Å². The van der Waals surface area contributed by atoms with Crippen LogP contribution in [0.3, 0.4) is 0 Å². The first kappa shape index (κ1) is 10.5. The van der Waals surface area contributed by atoms with Gasteiger partial charge in [-0.3, -0.25) is 4.79 Å². The molecule has 1 fully saturated rings. The Labute approximate surface area is 78.3 Å². The molecular weight excluding hydrogens is 170 g/mol. The fourth-order valence-corrected chi connectivity index (χ4v) is 2.10. The van der Waals surface area contributed by atoms with Crippen LogP contribution in [0.2, 0.25) is 0 Å². The molecular formula is C9H17NO3. The van der Waals surface area contributed by atoms with E-state index in [2.05, 4.69) is 5.32 Å². The Balaban J connectivity index is 2.84. The summed E-state index contributed by atoms with van der Waals surface area (Å²) in [5.74, 6) is -0.804. The van der Waals surface area contributed by atoms with Crippen molar-refractivity contribution < 1.29 is 14.6 Å². The molecule has 2 N–H and O–H groups in total. The maximum Gasteiger partial charge on any atom is 0.326 e. The van der Waals surface area contributed by atoms with E-state index < -0.39 is 11.5 Å². The second-order valence-electron chi connectivity index (χ2n) is 3.50. The minimum atomic E-state index is -0.868. The molecule has 0 amide bonds. The number of methoxy groups -OCH3 is 1. The fourth-order valence-electron chi connectivity index (χ4n) is 2.10. The molecule has 2 unspecified atom stereocenters. The minimum absolute atomic E-state index is 0.205. The average Bonchev–Trinajstić information content (AvgIpc) is 2.17. The van der Waals surface area contributed by atoms with Gasteiger partial charge in [0.05, 0.1) is 6.10 Å². The van der Waals surface area contributed by atoms with E-state index in [-0.39, 0.29) is 6.10 Å². The Morgan fingerprint density at radius 1 is 1.62 bits per heavy atom. The van der Waals surface area contributed by atoms with Gasteiger partial charge in [0.2, 0.25) is 0 Å². The van der Waals surface area contributed by atoms with Crippen LogP contribution in [-0.2, 0) is 9.53 Å². The van der Waals surface area contributed by atoms with Crippen LogP contribution in [0.4, 0.5) is 0 Å². The zero-order valence-corrected chi connectivity index (χ0v) is 8.17. The molecule has 2 atom stereocenters. The van der Waals surface area contributed by atoms with Crippen molar-refractivity contribution in [2.24, 2.45) is 0 Å². The summed E-state index contributed by atoms with van der Waals surface area (Å²) in [7, 11) is 3.26. The summed E-state index contributed by atoms with van der Waals surface area (Å²) >= 11 is 0. The zero-order chi connectivity index (χ0) is 9.90. The van der Waals surface area contributed by atoms with Gasteiger partial charge < -0.3 is 15.2 Å². The topological polar surface area (TPSA) is 58.6 Å². The van der Waals surface area contributed by atoms with Crippen LogP contribution < -0.4 is 5.32 Å². The first-order valence-corrected chi connectivity index (χ1v) is 4.62. The standard InChI is InChI=1S/C9H17NO3/c1-10-9(8(11)12)6-4-3-5-7(9)13-2/h7,10H,3-6H2,1-2H3,(H,11,12). The Bertz CT molecular complexity index is 195. The van der Waals surface area contributed by atoms with Gasteiger partial charge in [-0.25, -0.2) is 0 Å². The number of carbonyl (C=O) groups is 1. The number of carboxylic acid groups (broad SMARTS) is 1. The van der Waals surface area contributed by atoms with Gasteiger partial charge in [0.25, 0.3) is 0 Å². The van der Waals surface area contributed by atoms with Gasteiger partial charge in [-0.1, -0.05) is 12.8 Å². The van der Waals surface area contributed by atoms with Crippen molar-refractivity contribution in [2.45, 2.75) is 37.3 Å². The molecule has 1 aliphatic rings. The van der Waals surface area contributed by atoms with Crippen molar-refractivity contribution in [3.8, 4) is 0 Å². The molecule has 1 saturated carbocycles. The van der Waals surface area contributed by atoms with Gasteiger partial charge in [0, 0.05) is 7.11 Å². The molecule has 0 aliphatic heterocycles. The lowest BCUT2D eigenvalue weighted by Crippen LogP contribution is -2.61. The molecule has 1 aliphatic carbocycles. The van der Waals surface area contributed by atoms with Crippen molar-refractivity contribution >= 4 is 5.97 Å². The van der Waals surface area contributed by atoms with E-state index in [0.717, 1.165) is 19.3 Å². The third-order valence-corrected chi connectivity index (χ3v) is 2.95. The van der Waals surface area contributed by atoms with Crippen molar-refractivity contribution in [1.29, 1.82) is 0 Å². The Morgan fingerprint density at radius 2 is 2.31 bits per heavy atom. The van der Waals surface area contributed by atoms with Crippen molar-refractivity contribution in [1.82, 2.24) is 5.32 Å². The highest BCUT2D eigenvalue weighted by molar-refractivity contribution is 5.79. The number of hydrogen-bond donors (Lipinski definition) is 2. The van der Waals surface area contributed by atoms with Gasteiger partial charge in [0.1, 0.15) is 5.54 Å². The monoisotopic (exact) mass is 187 g/mol. The maximum atomic E-state index is 11.1. The van der Waals surface area contributed by atoms with Gasteiger partial charge in [-0.15, -0.1) is 0 Å². The summed E-state index contributed by atoms with van der Waals surface area (Å²) in [6.45, 7) is 0. The van der Waals surface area contributed by atoms with Crippen LogP contribution in [0, 0.1) is 0 Å². The normalized spacial score (nSPS) is 34.5. The van der Waals surface area contributed by atoms with Crippen LogP contribution in [-0.4, -0.2) is 36.9 Å². The minimum Gasteiger partial charge on any atom is -0.480 e. The first-order valence-electron chi connectivity index (χ1n) is 4.62. The lowest BCUT2D eigenvalue weighted by molar-refractivity contribution is -0.154. The molecule has 0 saturated heterocycles. The van der Waals surface area contributed by atoms with Crippen molar-refractivity contribution in [3.63, 3.8) is 0 Å². The number of rotatable bonds is 3. The van der Waals surface area contributed by atoms with Gasteiger partial charge in [-0.2, -0.15) is 0 Å². The number of carboxylic acids is 1. The number of likely N-dealkylation sites (N-methyl/N-ethyl adjacent to an activating group) is 1. The first-order chi connectivity index (χ1) is 6.17. The summed E-state index contributed by atoms with van der Waals surface area (Å²) in [5, 5.41) is 12.0. The number of aliphatic carboxylic acids is 1. The molecule has 1 rings (SSSR count). The van der Waals surface area contributed by atoms with Crippen molar-refractivity contribution in [2.75, 3.05) is 14.2 Å². The Kier molecular flexibility index (Phi) is 3.27. The molecule has 0 heterocycles. The molecule has 76 valence electrons. The van der Waals surface area contributed by atoms with Crippen LogP contribution in [0.5, 0.6) is 0 Å². The molecule has 4 nitrogen and oxygen atoms in total. The van der Waals surface area contributed by atoms with Crippen LogP contribution in [0.25, 0.3) is 0 Å². The number of hydrogen-bond acceptors (Lipinski definition) is 3. The van der Waals surface area contributed by atoms with E-state index in [1.165, 1.54) is 0 Å². The van der Waals surface area contributed by atoms with Crippen LogP contribution in [0.1, 0.15) is 25.7 Å². The summed E-state index contributed by atoms with van der Waals surface area (Å²) in [4.78, 5) is 11.1. The summed E-state index contributed by atoms with van der Waals surface area (Å²) < 4.78 is 5.22. The Morgan fingerprint density at radius 3 is 2.69 bits per heavy atom. The van der Waals surface area contributed by atoms with Gasteiger partial charge >= 0.3 is 5.97 Å². The Hall–Kier alpha value is -0.610. The molecule has 0 spiro atoms. The van der Waals surface area contributed by atoms with Crippen LogP contribution >= 0.6 is 0 Å². The molecule has 0 aromatic heterocycles. The van der Waals surface area contributed by atoms with E-state index >= 15 is 0 Å². The van der Waals surface area contributed by atoms with Crippen LogP contribution in [0.15, 0.2) is 0 Å². The smallest absolute Gasteiger partial charge is 0.326 e. The van der Waals surface area contributed by atoms with E-state index in [1.54, 1.807) is 14.2 Å². The third-order valence-electron chi connectivity index (χ3n) is 2.95. The highest BCUT2D eigenvalue weighted by Crippen LogP contribution is 2.30. The molecule has 0 bridgehead atoms. The van der Waals surface area contributed by atoms with E-state index in [4.69, 9.17) is 9.84 Å². The van der Waals surface area contributed by atoms with Gasteiger partial charge in [0.15, 0.2) is 0 Å². The zero-order valence-electron chi connectivity index (χ0n) is 8.17. The predicted molar refractivity (Wildman–Crippen MR) is 48.7 cm³/mol. The summed E-state index contributed by atoms with van der Waals surface area (Å²) in [6, 6.07) is 0. The van der Waals surface area contributed by atoms with Crippen molar-refractivity contribution in [3.05, 3.63) is 0 Å². The highest BCUT2D eigenvalue weighted by atomic mass is 16.5. The maximum absolute atomic E-state index is 11.1. The molecule has 0 aromatic carbocycles. The molecule has 0 aromatic rings. The number of ether oxygens (including phenoxy) is 1. The second-order valence-corrected chi connectivity index (χ2v) is 3.50. The van der Waals surface area contributed by atoms with E-state index in [0.29, 0.717) is 6.42 Å². The summed E-state index contributed by atoms with van der Waals surface area (Å²) in [5.41, 5.74) is -0.868. The third kappa shape index (κ3) is 1.69. The van der Waals surface area contributed by atoms with E-state index in [1.807, 2.05) is 0 Å². The molecule has 13 heavy (non-hydrogen) atoms. The largest absolute Gasteiger partial charge is 0.480 e. The molecule has 4 heteroatoms. The fraction of sp³-hybridized carbons (Fsp3) is 0.889. The summed E-state index contributed by atoms with van der Waals surface area (Å²) in [6.07, 6.45) is 3.27. The SMILES string of the molecule is CNC1(C(=O)O)CCCCC1OC.